The fourth-order valence-corrected chi connectivity index (χ4v) is 2.03. The topological polar surface area (TPSA) is 100 Å². The van der Waals surface area contributed by atoms with Gasteiger partial charge in [0.2, 0.25) is 27.2 Å². The third kappa shape index (κ3) is 5.13. The van der Waals surface area contributed by atoms with Crippen LogP contribution in [0.2, 0.25) is 5.28 Å². The quantitative estimate of drug-likeness (QED) is 0.745. The Balaban J connectivity index is 2.63. The van der Waals surface area contributed by atoms with Crippen LogP contribution >= 0.6 is 11.6 Å². The molecule has 8 nitrogen and oxygen atoms in total. The molecule has 0 aromatic carbocycles. The fourth-order valence-electron chi connectivity index (χ4n) is 1.14. The second kappa shape index (κ2) is 6.83. The molecule has 0 spiro atoms. The van der Waals surface area contributed by atoms with Gasteiger partial charge in [0.05, 0.1) is 5.75 Å². The van der Waals surface area contributed by atoms with Gasteiger partial charge < -0.3 is 10.6 Å². The molecule has 19 heavy (non-hydrogen) atoms. The first-order valence-electron chi connectivity index (χ1n) is 5.64. The van der Waals surface area contributed by atoms with E-state index in [0.29, 0.717) is 12.5 Å². The molecule has 0 aliphatic carbocycles. The average Bonchev–Trinajstić information content (AvgIpc) is 2.28. The van der Waals surface area contributed by atoms with E-state index in [-0.39, 0.29) is 23.5 Å². The van der Waals surface area contributed by atoms with Crippen molar-refractivity contribution in [2.24, 2.45) is 0 Å². The zero-order valence-electron chi connectivity index (χ0n) is 11.0. The highest BCUT2D eigenvalue weighted by Crippen LogP contribution is 2.09. The highest BCUT2D eigenvalue weighted by atomic mass is 35.5. The lowest BCUT2D eigenvalue weighted by molar-refractivity contribution is 0.521. The Kier molecular flexibility index (Phi) is 5.70. The van der Waals surface area contributed by atoms with Crippen molar-refractivity contribution in [2.45, 2.75) is 6.92 Å². The van der Waals surface area contributed by atoms with Gasteiger partial charge in [-0.3, -0.25) is 0 Å². The van der Waals surface area contributed by atoms with Gasteiger partial charge >= 0.3 is 0 Å². The lowest BCUT2D eigenvalue weighted by atomic mass is 10.7. The van der Waals surface area contributed by atoms with Gasteiger partial charge in [0.1, 0.15) is 0 Å². The molecule has 0 aliphatic rings. The Hall–Kier alpha value is -1.19. The van der Waals surface area contributed by atoms with E-state index in [4.69, 9.17) is 11.6 Å². The molecule has 0 saturated carbocycles. The molecule has 0 saturated heterocycles. The summed E-state index contributed by atoms with van der Waals surface area (Å²) in [6.45, 7) is 2.73. The van der Waals surface area contributed by atoms with E-state index < -0.39 is 10.0 Å². The van der Waals surface area contributed by atoms with Crippen LogP contribution in [-0.2, 0) is 10.0 Å². The predicted molar refractivity (Wildman–Crippen MR) is 75.0 cm³/mol. The van der Waals surface area contributed by atoms with Crippen molar-refractivity contribution in [3.05, 3.63) is 5.28 Å². The van der Waals surface area contributed by atoms with Crippen LogP contribution in [0.1, 0.15) is 6.92 Å². The molecule has 1 aromatic rings. The summed E-state index contributed by atoms with van der Waals surface area (Å²) < 4.78 is 24.3. The summed E-state index contributed by atoms with van der Waals surface area (Å²) in [4.78, 5) is 11.8. The fraction of sp³-hybridized carbons (Fsp3) is 0.667. The Morgan fingerprint density at radius 2 is 1.74 bits per heavy atom. The molecule has 1 rings (SSSR count). The number of nitrogens with zero attached hydrogens (tertiary/aromatic N) is 4. The van der Waals surface area contributed by atoms with E-state index in [9.17, 15) is 8.42 Å². The Morgan fingerprint density at radius 1 is 1.16 bits per heavy atom. The molecule has 0 aliphatic heterocycles. The molecule has 2 N–H and O–H groups in total. The van der Waals surface area contributed by atoms with Crippen LogP contribution in [-0.4, -0.2) is 60.6 Å². The molecule has 0 fully saturated rings. The van der Waals surface area contributed by atoms with Crippen LogP contribution < -0.4 is 10.6 Å². The predicted octanol–water partition coefficient (Wildman–Crippen LogP) is 0.260. The molecule has 1 heterocycles. The van der Waals surface area contributed by atoms with Crippen molar-refractivity contribution in [2.75, 3.05) is 43.6 Å². The number of rotatable bonds is 7. The minimum absolute atomic E-state index is 0.0453. The van der Waals surface area contributed by atoms with Crippen LogP contribution in [0.5, 0.6) is 0 Å². The third-order valence-electron chi connectivity index (χ3n) is 2.14. The number of hydrogen-bond acceptors (Lipinski definition) is 7. The summed E-state index contributed by atoms with van der Waals surface area (Å²) in [5.74, 6) is 0.533. The van der Waals surface area contributed by atoms with Crippen molar-refractivity contribution in [3.8, 4) is 0 Å². The van der Waals surface area contributed by atoms with Crippen molar-refractivity contribution in [1.82, 2.24) is 19.3 Å². The SMILES string of the molecule is CCNc1nc(Cl)nc(NCCS(=O)(=O)N(C)C)n1. The normalized spacial score (nSPS) is 11.6. The van der Waals surface area contributed by atoms with Crippen molar-refractivity contribution in [3.63, 3.8) is 0 Å². The van der Waals surface area contributed by atoms with E-state index in [1.54, 1.807) is 0 Å². The summed E-state index contributed by atoms with van der Waals surface area (Å²) >= 11 is 5.74. The number of sulfonamides is 1. The van der Waals surface area contributed by atoms with E-state index in [0.717, 1.165) is 0 Å². The second-order valence-corrected chi connectivity index (χ2v) is 6.45. The maximum absolute atomic E-state index is 11.6. The molecular weight excluding hydrogens is 292 g/mol. The van der Waals surface area contributed by atoms with Crippen LogP contribution in [0.4, 0.5) is 11.9 Å². The van der Waals surface area contributed by atoms with Crippen LogP contribution in [0.3, 0.4) is 0 Å². The summed E-state index contributed by atoms with van der Waals surface area (Å²) in [6.07, 6.45) is 0. The van der Waals surface area contributed by atoms with E-state index in [2.05, 4.69) is 25.6 Å². The number of aromatic nitrogens is 3. The van der Waals surface area contributed by atoms with Gasteiger partial charge in [0.25, 0.3) is 0 Å². The molecule has 108 valence electrons. The Bertz CT molecular complexity index is 521. The highest BCUT2D eigenvalue weighted by molar-refractivity contribution is 7.89. The summed E-state index contributed by atoms with van der Waals surface area (Å²) in [5.41, 5.74) is 0. The van der Waals surface area contributed by atoms with Gasteiger partial charge in [-0.2, -0.15) is 15.0 Å². The summed E-state index contributed by atoms with van der Waals surface area (Å²) in [6, 6.07) is 0. The molecule has 1 aromatic heterocycles. The molecule has 0 atom stereocenters. The van der Waals surface area contributed by atoms with Gasteiger partial charge in [-0.15, -0.1) is 0 Å². The first kappa shape index (κ1) is 15.9. The maximum Gasteiger partial charge on any atom is 0.228 e. The van der Waals surface area contributed by atoms with Crippen LogP contribution in [0.25, 0.3) is 0 Å². The molecular formula is C9H17ClN6O2S. The van der Waals surface area contributed by atoms with Crippen molar-refractivity contribution in [1.29, 1.82) is 0 Å². The van der Waals surface area contributed by atoms with Crippen LogP contribution in [0.15, 0.2) is 0 Å². The number of halogens is 1. The standard InChI is InChI=1S/C9H17ClN6O2S/c1-4-11-8-13-7(10)14-9(15-8)12-5-6-19(17,18)16(2)3/h4-6H2,1-3H3,(H2,11,12,13,14,15). The smallest absolute Gasteiger partial charge is 0.228 e. The Labute approximate surface area is 117 Å². The zero-order chi connectivity index (χ0) is 14.5. The van der Waals surface area contributed by atoms with Gasteiger partial charge in [-0.1, -0.05) is 0 Å². The first-order chi connectivity index (χ1) is 8.85. The third-order valence-corrected chi connectivity index (χ3v) is 4.14. The number of nitrogens with one attached hydrogen (secondary N) is 2. The summed E-state index contributed by atoms with van der Waals surface area (Å²) in [7, 11) is -0.279. The number of anilines is 2. The first-order valence-corrected chi connectivity index (χ1v) is 7.63. The minimum Gasteiger partial charge on any atom is -0.354 e. The van der Waals surface area contributed by atoms with Gasteiger partial charge in [0, 0.05) is 27.2 Å². The molecule has 10 heteroatoms. The molecule has 0 amide bonds. The monoisotopic (exact) mass is 308 g/mol. The number of hydrogen-bond donors (Lipinski definition) is 2. The second-order valence-electron chi connectivity index (χ2n) is 3.81. The minimum atomic E-state index is -3.25. The van der Waals surface area contributed by atoms with E-state index in [1.165, 1.54) is 18.4 Å². The van der Waals surface area contributed by atoms with E-state index in [1.807, 2.05) is 6.92 Å². The van der Waals surface area contributed by atoms with Crippen LogP contribution in [0, 0.1) is 0 Å². The van der Waals surface area contributed by atoms with E-state index >= 15 is 0 Å². The van der Waals surface area contributed by atoms with Gasteiger partial charge in [0.15, 0.2) is 0 Å². The lowest BCUT2D eigenvalue weighted by Gasteiger charge is -2.11. The average molecular weight is 309 g/mol. The van der Waals surface area contributed by atoms with Gasteiger partial charge in [-0.25, -0.2) is 12.7 Å². The Morgan fingerprint density at radius 3 is 2.26 bits per heavy atom. The van der Waals surface area contributed by atoms with Crippen molar-refractivity contribution < 1.29 is 8.42 Å². The highest BCUT2D eigenvalue weighted by Gasteiger charge is 2.13. The largest absolute Gasteiger partial charge is 0.354 e. The maximum atomic E-state index is 11.6. The van der Waals surface area contributed by atoms with Crippen molar-refractivity contribution >= 4 is 33.5 Å². The summed E-state index contributed by atoms with van der Waals surface area (Å²) in [5, 5.41) is 5.75. The molecule has 0 unspecified atom stereocenters. The van der Waals surface area contributed by atoms with Gasteiger partial charge in [-0.05, 0) is 18.5 Å². The molecule has 0 radical (unpaired) electrons. The molecule has 0 bridgehead atoms. The zero-order valence-corrected chi connectivity index (χ0v) is 12.6. The lowest BCUT2D eigenvalue weighted by Crippen LogP contribution is -2.28.